The molecule has 0 saturated heterocycles. The van der Waals surface area contributed by atoms with E-state index in [-0.39, 0.29) is 30.7 Å². The van der Waals surface area contributed by atoms with Crippen LogP contribution in [0.25, 0.3) is 11.3 Å². The number of furan rings is 1. The molecule has 0 radical (unpaired) electrons. The van der Waals surface area contributed by atoms with Crippen molar-refractivity contribution >= 4 is 5.97 Å². The number of hydrogen-bond acceptors (Lipinski definition) is 6. The minimum atomic E-state index is -0.650. The fraction of sp³-hybridized carbons (Fsp3) is 0.0909. The molecule has 0 fully saturated rings. The number of hydrogen-bond donors (Lipinski definition) is 0. The number of aromatic nitrogens is 1. The summed E-state index contributed by atoms with van der Waals surface area (Å²) in [4.78, 5) is 16.4. The first-order valence-electron chi connectivity index (χ1n) is 8.81. The van der Waals surface area contributed by atoms with Crippen molar-refractivity contribution in [3.8, 4) is 17.1 Å². The maximum atomic E-state index is 13.0. The lowest BCUT2D eigenvalue weighted by atomic mass is 10.2. The molecular weight excluding hydrogens is 377 g/mol. The van der Waals surface area contributed by atoms with Gasteiger partial charge in [-0.2, -0.15) is 0 Å². The number of nitrogens with zero attached hydrogens (tertiary/aromatic N) is 1. The number of rotatable bonds is 7. The Labute approximate surface area is 165 Å². The summed E-state index contributed by atoms with van der Waals surface area (Å²) in [6, 6.07) is 16.7. The molecule has 0 N–H and O–H groups in total. The number of carbonyl (C=O) groups is 1. The van der Waals surface area contributed by atoms with Crippen molar-refractivity contribution in [3.63, 3.8) is 0 Å². The Hall–Kier alpha value is -3.87. The summed E-state index contributed by atoms with van der Waals surface area (Å²) in [5, 5.41) is 0. The van der Waals surface area contributed by atoms with E-state index in [0.29, 0.717) is 22.6 Å². The van der Waals surface area contributed by atoms with Crippen molar-refractivity contribution in [2.45, 2.75) is 13.2 Å². The molecule has 0 bridgehead atoms. The quantitative estimate of drug-likeness (QED) is 0.411. The van der Waals surface area contributed by atoms with E-state index in [4.69, 9.17) is 18.3 Å². The zero-order valence-electron chi connectivity index (χ0n) is 15.2. The Kier molecular flexibility index (Phi) is 5.38. The zero-order valence-corrected chi connectivity index (χ0v) is 15.2. The van der Waals surface area contributed by atoms with Gasteiger partial charge in [-0.1, -0.05) is 18.2 Å². The topological polar surface area (TPSA) is 74.7 Å². The highest BCUT2D eigenvalue weighted by atomic mass is 19.1. The molecule has 2 aromatic carbocycles. The SMILES string of the molecule is O=C(OCc1ncc(-c2ccc(F)cc2)o1)c1occc1COc1ccccc1. The first-order chi connectivity index (χ1) is 14.2. The van der Waals surface area contributed by atoms with E-state index in [9.17, 15) is 9.18 Å². The van der Waals surface area contributed by atoms with E-state index in [2.05, 4.69) is 4.98 Å². The minimum absolute atomic E-state index is 0.0613. The van der Waals surface area contributed by atoms with Gasteiger partial charge in [0.05, 0.1) is 12.5 Å². The number of halogens is 1. The van der Waals surface area contributed by atoms with Crippen LogP contribution in [0.5, 0.6) is 5.75 Å². The normalized spacial score (nSPS) is 10.7. The van der Waals surface area contributed by atoms with Gasteiger partial charge in [-0.25, -0.2) is 14.2 Å². The van der Waals surface area contributed by atoms with Crippen molar-refractivity contribution in [1.29, 1.82) is 0 Å². The van der Waals surface area contributed by atoms with Gasteiger partial charge in [0, 0.05) is 11.1 Å². The number of oxazole rings is 1. The lowest BCUT2D eigenvalue weighted by Crippen LogP contribution is -2.08. The minimum Gasteiger partial charge on any atom is -0.489 e. The van der Waals surface area contributed by atoms with Crippen LogP contribution in [0.2, 0.25) is 0 Å². The average Bonchev–Trinajstić information content (AvgIpc) is 3.41. The van der Waals surface area contributed by atoms with Gasteiger partial charge in [-0.3, -0.25) is 0 Å². The van der Waals surface area contributed by atoms with Crippen LogP contribution in [0.3, 0.4) is 0 Å². The molecule has 4 rings (SSSR count). The van der Waals surface area contributed by atoms with Gasteiger partial charge >= 0.3 is 5.97 Å². The second kappa shape index (κ2) is 8.43. The molecule has 0 unspecified atom stereocenters. The third kappa shape index (κ3) is 4.52. The molecule has 2 heterocycles. The summed E-state index contributed by atoms with van der Waals surface area (Å²) in [7, 11) is 0. The molecular formula is C22H16FNO5. The predicted octanol–water partition coefficient (Wildman–Crippen LogP) is 5.01. The Bertz CT molecular complexity index is 1090. The van der Waals surface area contributed by atoms with Gasteiger partial charge in [0.1, 0.15) is 18.2 Å². The molecule has 6 nitrogen and oxygen atoms in total. The summed E-state index contributed by atoms with van der Waals surface area (Å²) in [5.41, 5.74) is 1.24. The predicted molar refractivity (Wildman–Crippen MR) is 100 cm³/mol. The molecule has 7 heteroatoms. The van der Waals surface area contributed by atoms with E-state index >= 15 is 0 Å². The summed E-state index contributed by atoms with van der Waals surface area (Å²) >= 11 is 0. The lowest BCUT2D eigenvalue weighted by Gasteiger charge is -2.06. The van der Waals surface area contributed by atoms with Gasteiger partial charge in [0.2, 0.25) is 11.7 Å². The van der Waals surface area contributed by atoms with Crippen molar-refractivity contribution in [2.24, 2.45) is 0 Å². The van der Waals surface area contributed by atoms with Gasteiger partial charge < -0.3 is 18.3 Å². The second-order valence-electron chi connectivity index (χ2n) is 6.08. The van der Waals surface area contributed by atoms with Crippen LogP contribution in [-0.2, 0) is 18.0 Å². The van der Waals surface area contributed by atoms with Crippen LogP contribution >= 0.6 is 0 Å². The Morgan fingerprint density at radius 2 is 1.79 bits per heavy atom. The monoisotopic (exact) mass is 393 g/mol. The van der Waals surface area contributed by atoms with Gasteiger partial charge in [-0.05, 0) is 42.5 Å². The molecule has 0 atom stereocenters. The average molecular weight is 393 g/mol. The molecule has 0 spiro atoms. The van der Waals surface area contributed by atoms with Crippen LogP contribution in [0.4, 0.5) is 4.39 Å². The summed E-state index contributed by atoms with van der Waals surface area (Å²) in [5.74, 6) is 0.417. The molecule has 0 aliphatic carbocycles. The fourth-order valence-corrected chi connectivity index (χ4v) is 2.62. The van der Waals surface area contributed by atoms with Crippen LogP contribution in [0.1, 0.15) is 22.0 Å². The Morgan fingerprint density at radius 1 is 1.00 bits per heavy atom. The smallest absolute Gasteiger partial charge is 0.375 e. The molecule has 29 heavy (non-hydrogen) atoms. The zero-order chi connectivity index (χ0) is 20.1. The van der Waals surface area contributed by atoms with Crippen molar-refractivity contribution in [1.82, 2.24) is 4.98 Å². The molecule has 0 amide bonds. The van der Waals surface area contributed by atoms with Gasteiger partial charge in [-0.15, -0.1) is 0 Å². The maximum Gasteiger partial charge on any atom is 0.375 e. The molecule has 4 aromatic rings. The number of carbonyl (C=O) groups excluding carboxylic acids is 1. The third-order valence-electron chi connectivity index (χ3n) is 4.08. The van der Waals surface area contributed by atoms with Crippen LogP contribution in [0.15, 0.2) is 82.0 Å². The van der Waals surface area contributed by atoms with Crippen molar-refractivity contribution in [3.05, 3.63) is 96.2 Å². The van der Waals surface area contributed by atoms with Crippen LogP contribution in [0, 0.1) is 5.82 Å². The molecule has 0 saturated carbocycles. The van der Waals surface area contributed by atoms with Crippen LogP contribution < -0.4 is 4.74 Å². The molecule has 0 aliphatic heterocycles. The fourth-order valence-electron chi connectivity index (χ4n) is 2.62. The third-order valence-corrected chi connectivity index (χ3v) is 4.08. The van der Waals surface area contributed by atoms with E-state index in [1.54, 1.807) is 18.2 Å². The van der Waals surface area contributed by atoms with Crippen molar-refractivity contribution in [2.75, 3.05) is 0 Å². The number of para-hydroxylation sites is 1. The largest absolute Gasteiger partial charge is 0.489 e. The standard InChI is InChI=1S/C22H16FNO5/c23-17-8-6-15(7-9-17)19-12-24-20(29-19)14-28-22(25)21-16(10-11-26-21)13-27-18-4-2-1-3-5-18/h1-12H,13-14H2. The summed E-state index contributed by atoms with van der Waals surface area (Å²) in [6.45, 7) is -0.00161. The Morgan fingerprint density at radius 3 is 2.59 bits per heavy atom. The number of benzene rings is 2. The highest BCUT2D eigenvalue weighted by Crippen LogP contribution is 2.22. The van der Waals surface area contributed by atoms with E-state index < -0.39 is 5.97 Å². The summed E-state index contributed by atoms with van der Waals surface area (Å²) in [6.07, 6.45) is 2.89. The highest BCUT2D eigenvalue weighted by Gasteiger charge is 2.19. The van der Waals surface area contributed by atoms with Gasteiger partial charge in [0.15, 0.2) is 12.4 Å². The first-order valence-corrected chi connectivity index (χ1v) is 8.81. The van der Waals surface area contributed by atoms with Crippen molar-refractivity contribution < 1.29 is 27.5 Å². The second-order valence-corrected chi connectivity index (χ2v) is 6.08. The summed E-state index contributed by atoms with van der Waals surface area (Å²) < 4.78 is 34.7. The maximum absolute atomic E-state index is 13.0. The lowest BCUT2D eigenvalue weighted by molar-refractivity contribution is 0.0399. The van der Waals surface area contributed by atoms with E-state index in [1.807, 2.05) is 30.3 Å². The molecule has 0 aliphatic rings. The Balaban J connectivity index is 1.36. The number of ether oxygens (including phenoxy) is 2. The van der Waals surface area contributed by atoms with Crippen LogP contribution in [-0.4, -0.2) is 11.0 Å². The molecule has 146 valence electrons. The molecule has 2 aromatic heterocycles. The van der Waals surface area contributed by atoms with E-state index in [1.165, 1.54) is 24.6 Å². The number of esters is 1. The highest BCUT2D eigenvalue weighted by molar-refractivity contribution is 5.87. The van der Waals surface area contributed by atoms with Gasteiger partial charge in [0.25, 0.3) is 0 Å². The van der Waals surface area contributed by atoms with E-state index in [0.717, 1.165) is 0 Å². The first kappa shape index (κ1) is 18.5.